The van der Waals surface area contributed by atoms with Crippen LogP contribution in [0.3, 0.4) is 0 Å². The maximum Gasteiger partial charge on any atom is 0.240 e. The maximum atomic E-state index is 12.5. The number of nitrogens with one attached hydrogen (secondary N) is 1. The second-order valence-corrected chi connectivity index (χ2v) is 8.14. The predicted octanol–water partition coefficient (Wildman–Crippen LogP) is 2.36. The largest absolute Gasteiger partial charge is 0.454 e. The number of nitrogens with zero attached hydrogens (tertiary/aromatic N) is 1. The lowest BCUT2D eigenvalue weighted by Gasteiger charge is -2.23. The zero-order chi connectivity index (χ0) is 19.6. The molecule has 0 aliphatic carbocycles. The van der Waals surface area contributed by atoms with Crippen LogP contribution in [0.5, 0.6) is 11.5 Å². The fourth-order valence-electron chi connectivity index (χ4n) is 2.88. The summed E-state index contributed by atoms with van der Waals surface area (Å²) in [7, 11) is -3.73. The van der Waals surface area contributed by atoms with Crippen LogP contribution in [0.4, 0.5) is 5.69 Å². The zero-order valence-corrected chi connectivity index (χ0v) is 16.3. The second-order valence-electron chi connectivity index (χ2n) is 6.37. The van der Waals surface area contributed by atoms with Crippen molar-refractivity contribution in [2.24, 2.45) is 0 Å². The highest BCUT2D eigenvalue weighted by molar-refractivity contribution is 7.89. The average Bonchev–Trinajstić information content (AvgIpc) is 3.08. The molecule has 1 amide bonds. The van der Waals surface area contributed by atoms with E-state index < -0.39 is 10.0 Å². The van der Waals surface area contributed by atoms with Gasteiger partial charge in [-0.2, -0.15) is 0 Å². The van der Waals surface area contributed by atoms with Crippen LogP contribution in [0.25, 0.3) is 0 Å². The van der Waals surface area contributed by atoms with Crippen LogP contribution in [-0.4, -0.2) is 34.2 Å². The molecule has 0 saturated heterocycles. The standard InChI is InChI=1S/C19H22N2O5S/c1-13-4-5-14(2)17(10-13)21(15(3)22)9-8-20-27(23,24)16-6-7-18-19(11-16)26-12-25-18/h4-7,10-11,20H,8-9,12H2,1-3H3. The minimum atomic E-state index is -3.73. The van der Waals surface area contributed by atoms with Crippen LogP contribution in [-0.2, 0) is 14.8 Å². The van der Waals surface area contributed by atoms with E-state index in [1.165, 1.54) is 19.1 Å². The van der Waals surface area contributed by atoms with E-state index in [9.17, 15) is 13.2 Å². The Kier molecular flexibility index (Phi) is 5.38. The normalized spacial score (nSPS) is 12.9. The lowest BCUT2D eigenvalue weighted by atomic mass is 10.1. The highest BCUT2D eigenvalue weighted by Crippen LogP contribution is 2.33. The topological polar surface area (TPSA) is 84.9 Å². The van der Waals surface area contributed by atoms with Gasteiger partial charge in [0, 0.05) is 31.8 Å². The molecule has 0 aromatic heterocycles. The van der Waals surface area contributed by atoms with E-state index >= 15 is 0 Å². The number of carbonyl (C=O) groups excluding carboxylic acids is 1. The molecule has 1 N–H and O–H groups in total. The summed E-state index contributed by atoms with van der Waals surface area (Å²) in [5.41, 5.74) is 2.77. The number of sulfonamides is 1. The van der Waals surface area contributed by atoms with Gasteiger partial charge in [0.1, 0.15) is 0 Å². The fraction of sp³-hybridized carbons (Fsp3) is 0.316. The number of benzene rings is 2. The summed E-state index contributed by atoms with van der Waals surface area (Å²) in [6.45, 7) is 5.72. The van der Waals surface area contributed by atoms with E-state index in [-0.39, 0.29) is 30.7 Å². The van der Waals surface area contributed by atoms with E-state index in [1.54, 1.807) is 11.0 Å². The number of anilines is 1. The van der Waals surface area contributed by atoms with Crippen molar-refractivity contribution < 1.29 is 22.7 Å². The Balaban J connectivity index is 1.71. The molecule has 1 aliphatic heterocycles. The lowest BCUT2D eigenvalue weighted by Crippen LogP contribution is -2.38. The second kappa shape index (κ2) is 7.58. The van der Waals surface area contributed by atoms with Gasteiger partial charge in [-0.15, -0.1) is 0 Å². The molecular formula is C19H22N2O5S. The first-order valence-electron chi connectivity index (χ1n) is 8.52. The molecule has 3 rings (SSSR count). The Hall–Kier alpha value is -2.58. The highest BCUT2D eigenvalue weighted by atomic mass is 32.2. The van der Waals surface area contributed by atoms with E-state index in [0.717, 1.165) is 16.8 Å². The summed E-state index contributed by atoms with van der Waals surface area (Å²) >= 11 is 0. The summed E-state index contributed by atoms with van der Waals surface area (Å²) in [4.78, 5) is 13.7. The van der Waals surface area contributed by atoms with Crippen LogP contribution in [0.1, 0.15) is 18.1 Å². The molecule has 0 unspecified atom stereocenters. The molecular weight excluding hydrogens is 368 g/mol. The molecule has 2 aromatic rings. The third-order valence-electron chi connectivity index (χ3n) is 4.32. The van der Waals surface area contributed by atoms with Crippen LogP contribution in [0.2, 0.25) is 0 Å². The van der Waals surface area contributed by atoms with Crippen molar-refractivity contribution in [2.75, 3.05) is 24.8 Å². The van der Waals surface area contributed by atoms with Gasteiger partial charge in [-0.3, -0.25) is 4.79 Å². The van der Waals surface area contributed by atoms with Gasteiger partial charge < -0.3 is 14.4 Å². The van der Waals surface area contributed by atoms with Crippen LogP contribution in [0.15, 0.2) is 41.3 Å². The van der Waals surface area contributed by atoms with Crippen molar-refractivity contribution in [2.45, 2.75) is 25.7 Å². The Morgan fingerprint density at radius 3 is 2.59 bits per heavy atom. The summed E-state index contributed by atoms with van der Waals surface area (Å²) < 4.78 is 38.0. The molecule has 8 heteroatoms. The Morgan fingerprint density at radius 2 is 1.85 bits per heavy atom. The first-order chi connectivity index (χ1) is 12.8. The minimum Gasteiger partial charge on any atom is -0.454 e. The SMILES string of the molecule is CC(=O)N(CCNS(=O)(=O)c1ccc2c(c1)OCO2)c1cc(C)ccc1C. The van der Waals surface area contributed by atoms with E-state index in [4.69, 9.17) is 9.47 Å². The van der Waals surface area contributed by atoms with Gasteiger partial charge in [0.2, 0.25) is 22.7 Å². The maximum absolute atomic E-state index is 12.5. The molecule has 0 spiro atoms. The molecule has 1 heterocycles. The first kappa shape index (κ1) is 19.2. The van der Waals surface area contributed by atoms with Crippen molar-refractivity contribution in [1.82, 2.24) is 4.72 Å². The lowest BCUT2D eigenvalue weighted by molar-refractivity contribution is -0.116. The van der Waals surface area contributed by atoms with Gasteiger partial charge in [-0.1, -0.05) is 12.1 Å². The number of amides is 1. The fourth-order valence-corrected chi connectivity index (χ4v) is 3.91. The van der Waals surface area contributed by atoms with Crippen molar-refractivity contribution in [3.63, 3.8) is 0 Å². The Morgan fingerprint density at radius 1 is 1.11 bits per heavy atom. The van der Waals surface area contributed by atoms with Gasteiger partial charge >= 0.3 is 0 Å². The minimum absolute atomic E-state index is 0.0790. The molecule has 0 atom stereocenters. The molecule has 27 heavy (non-hydrogen) atoms. The van der Waals surface area contributed by atoms with Crippen LogP contribution >= 0.6 is 0 Å². The van der Waals surface area contributed by atoms with Gasteiger partial charge in [0.25, 0.3) is 0 Å². The van der Waals surface area contributed by atoms with Gasteiger partial charge in [0.05, 0.1) is 4.90 Å². The van der Waals surface area contributed by atoms with E-state index in [2.05, 4.69) is 4.72 Å². The Labute approximate surface area is 158 Å². The van der Waals surface area contributed by atoms with E-state index in [0.29, 0.717) is 11.5 Å². The van der Waals surface area contributed by atoms with Crippen molar-refractivity contribution in [3.05, 3.63) is 47.5 Å². The molecule has 0 radical (unpaired) electrons. The van der Waals surface area contributed by atoms with Crippen LogP contribution in [0, 0.1) is 13.8 Å². The summed E-state index contributed by atoms with van der Waals surface area (Å²) in [6, 6.07) is 10.3. The summed E-state index contributed by atoms with van der Waals surface area (Å²) in [6.07, 6.45) is 0. The van der Waals surface area contributed by atoms with Crippen molar-refractivity contribution in [3.8, 4) is 11.5 Å². The number of hydrogen-bond acceptors (Lipinski definition) is 5. The monoisotopic (exact) mass is 390 g/mol. The third kappa shape index (κ3) is 4.23. The Bertz CT molecular complexity index is 972. The zero-order valence-electron chi connectivity index (χ0n) is 15.5. The number of hydrogen-bond donors (Lipinski definition) is 1. The number of fused-ring (bicyclic) bond motifs is 1. The van der Waals surface area contributed by atoms with Gasteiger partial charge in [-0.25, -0.2) is 13.1 Å². The van der Waals surface area contributed by atoms with E-state index in [1.807, 2.05) is 32.0 Å². The highest BCUT2D eigenvalue weighted by Gasteiger charge is 2.21. The smallest absolute Gasteiger partial charge is 0.240 e. The molecule has 0 fully saturated rings. The number of carbonyl (C=O) groups is 1. The number of rotatable bonds is 6. The average molecular weight is 390 g/mol. The molecule has 1 aliphatic rings. The van der Waals surface area contributed by atoms with Crippen LogP contribution < -0.4 is 19.1 Å². The summed E-state index contributed by atoms with van der Waals surface area (Å²) in [5.74, 6) is 0.774. The van der Waals surface area contributed by atoms with Gasteiger partial charge in [0.15, 0.2) is 11.5 Å². The number of aryl methyl sites for hydroxylation is 2. The third-order valence-corrected chi connectivity index (χ3v) is 5.78. The summed E-state index contributed by atoms with van der Waals surface area (Å²) in [5, 5.41) is 0. The molecule has 0 saturated carbocycles. The number of ether oxygens (including phenoxy) is 2. The molecule has 144 valence electrons. The quantitative estimate of drug-likeness (QED) is 0.819. The first-order valence-corrected chi connectivity index (χ1v) is 10.0. The van der Waals surface area contributed by atoms with Crippen molar-refractivity contribution >= 4 is 21.6 Å². The molecule has 2 aromatic carbocycles. The molecule has 7 nitrogen and oxygen atoms in total. The van der Waals surface area contributed by atoms with Crippen molar-refractivity contribution in [1.29, 1.82) is 0 Å². The predicted molar refractivity (Wildman–Crippen MR) is 102 cm³/mol. The van der Waals surface area contributed by atoms with Gasteiger partial charge in [-0.05, 0) is 43.2 Å². The molecule has 0 bridgehead atoms.